The fourth-order valence-electron chi connectivity index (χ4n) is 7.10. The molecule has 3 aliphatic carbocycles. The topological polar surface area (TPSA) is 189 Å². The molecule has 0 saturated heterocycles. The summed E-state index contributed by atoms with van der Waals surface area (Å²) in [7, 11) is 6.11. The number of hydrogen-bond acceptors (Lipinski definition) is 10. The number of phenolic OH excluding ortho intramolecular Hbond substituents is 1. The number of nitrogens with two attached hydrogens (primary N) is 1. The predicted octanol–water partition coefficient (Wildman–Crippen LogP) is 3.88. The Morgan fingerprint density at radius 3 is 2.02 bits per heavy atom. The summed E-state index contributed by atoms with van der Waals surface area (Å²) in [5, 5.41) is 50.0. The number of aliphatic hydroxyl groups excluding tert-OH is 2. The number of amides is 1. The van der Waals surface area contributed by atoms with Gasteiger partial charge in [0, 0.05) is 37.0 Å². The fourth-order valence-corrected chi connectivity index (χ4v) is 7.33. The third-order valence-corrected chi connectivity index (χ3v) is 9.48. The van der Waals surface area contributed by atoms with E-state index in [0.29, 0.717) is 23.4 Å². The molecular formula is C32H31F6N5O7S. The molecule has 0 aliphatic heterocycles. The van der Waals surface area contributed by atoms with Crippen LogP contribution in [0.1, 0.15) is 28.7 Å². The molecule has 0 spiro atoms. The highest BCUT2D eigenvalue weighted by Gasteiger charge is 2.64. The molecule has 0 bridgehead atoms. The number of likely N-dealkylation sites (N-methyl/N-ethyl adjacent to an activating group) is 1. The molecule has 4 atom stereocenters. The Hall–Kier alpha value is -4.88. The second-order valence-electron chi connectivity index (χ2n) is 12.9. The van der Waals surface area contributed by atoms with E-state index in [2.05, 4.69) is 10.6 Å². The Bertz CT molecular complexity index is 1930. The van der Waals surface area contributed by atoms with Crippen LogP contribution in [0.25, 0.3) is 5.76 Å². The van der Waals surface area contributed by atoms with Gasteiger partial charge in [-0.15, -0.1) is 0 Å². The summed E-state index contributed by atoms with van der Waals surface area (Å²) in [6.07, 6.45) is -10.5. The van der Waals surface area contributed by atoms with E-state index >= 15 is 0 Å². The first-order chi connectivity index (χ1) is 23.4. The Balaban J connectivity index is 1.60. The Kier molecular flexibility index (Phi) is 9.10. The number of nitrogens with zero attached hydrogens (tertiary/aromatic N) is 2. The second-order valence-corrected chi connectivity index (χ2v) is 13.3. The van der Waals surface area contributed by atoms with Crippen LogP contribution in [0.5, 0.6) is 5.75 Å². The van der Waals surface area contributed by atoms with Crippen molar-refractivity contribution >= 4 is 57.6 Å². The van der Waals surface area contributed by atoms with E-state index in [0.717, 1.165) is 0 Å². The lowest BCUT2D eigenvalue weighted by Crippen LogP contribution is -2.65. The number of fused-ring (bicyclic) bond motifs is 3. The monoisotopic (exact) mass is 743 g/mol. The summed E-state index contributed by atoms with van der Waals surface area (Å²) in [4.78, 5) is 42.6. The molecule has 8 N–H and O–H groups in total. The minimum Gasteiger partial charge on any atom is -0.508 e. The molecule has 1 fully saturated rings. The van der Waals surface area contributed by atoms with Gasteiger partial charge in [0.05, 0.1) is 28.4 Å². The predicted molar refractivity (Wildman–Crippen MR) is 175 cm³/mol. The van der Waals surface area contributed by atoms with Crippen LogP contribution in [0.4, 0.5) is 43.4 Å². The lowest BCUT2D eigenvalue weighted by atomic mass is 9.57. The molecule has 274 valence electrons. The van der Waals surface area contributed by atoms with Crippen LogP contribution in [-0.2, 0) is 33.2 Å². The van der Waals surface area contributed by atoms with Crippen LogP contribution in [0.3, 0.4) is 0 Å². The zero-order valence-electron chi connectivity index (χ0n) is 27.1. The Morgan fingerprint density at radius 1 is 0.961 bits per heavy atom. The van der Waals surface area contributed by atoms with Gasteiger partial charge < -0.3 is 41.7 Å². The van der Waals surface area contributed by atoms with Crippen molar-refractivity contribution in [3.05, 3.63) is 63.4 Å². The molecule has 0 aromatic heterocycles. The average Bonchev–Trinajstić information content (AvgIpc) is 2.98. The van der Waals surface area contributed by atoms with Crippen molar-refractivity contribution in [1.29, 1.82) is 0 Å². The minimum absolute atomic E-state index is 0.0525. The number of rotatable bonds is 5. The number of primary amides is 1. The highest BCUT2D eigenvalue weighted by Crippen LogP contribution is 2.54. The number of Topliss-reactive ketones (excluding diaryl/α,β-unsaturated/α-hetero) is 2. The van der Waals surface area contributed by atoms with Gasteiger partial charge in [-0.05, 0) is 74.9 Å². The number of nitrogens with one attached hydrogen (secondary N) is 2. The van der Waals surface area contributed by atoms with Crippen molar-refractivity contribution in [1.82, 2.24) is 4.90 Å². The van der Waals surface area contributed by atoms with Gasteiger partial charge in [0.1, 0.15) is 22.8 Å². The van der Waals surface area contributed by atoms with E-state index in [1.54, 1.807) is 19.0 Å². The van der Waals surface area contributed by atoms with Gasteiger partial charge in [-0.2, -0.15) is 26.3 Å². The molecule has 3 aliphatic rings. The van der Waals surface area contributed by atoms with Crippen molar-refractivity contribution in [3.8, 4) is 5.75 Å². The van der Waals surface area contributed by atoms with Crippen molar-refractivity contribution in [3.63, 3.8) is 0 Å². The second kappa shape index (κ2) is 12.4. The van der Waals surface area contributed by atoms with Crippen molar-refractivity contribution in [2.24, 2.45) is 17.6 Å². The number of aliphatic hydroxyl groups is 3. The SMILES string of the molecule is CN(C)c1cc(NC(=S)Nc2cc(C(F)(F)F)cc(C(F)(F)F)c2)c(O)c2c1C[C@H]1C[C@H]3[C@H](N(C)C)C(=O)C(C(N)=O)=C(O)[C@@]3(O)C(=O)C1=C2O. The zero-order valence-corrected chi connectivity index (χ0v) is 27.9. The minimum atomic E-state index is -5.13. The first-order valence-corrected chi connectivity index (χ1v) is 15.4. The average molecular weight is 744 g/mol. The van der Waals surface area contributed by atoms with E-state index < -0.39 is 104 Å². The van der Waals surface area contributed by atoms with Crippen molar-refractivity contribution in [2.75, 3.05) is 43.7 Å². The first kappa shape index (κ1) is 37.4. The van der Waals surface area contributed by atoms with E-state index in [1.165, 1.54) is 25.1 Å². The number of alkyl halides is 6. The fraction of sp³-hybridized carbons (Fsp3) is 0.375. The van der Waals surface area contributed by atoms with Gasteiger partial charge >= 0.3 is 12.4 Å². The smallest absolute Gasteiger partial charge is 0.416 e. The van der Waals surface area contributed by atoms with E-state index in [-0.39, 0.29) is 30.2 Å². The summed E-state index contributed by atoms with van der Waals surface area (Å²) in [5.41, 5.74) is -2.87. The van der Waals surface area contributed by atoms with Crippen molar-refractivity contribution < 1.29 is 61.2 Å². The van der Waals surface area contributed by atoms with Crippen LogP contribution >= 0.6 is 12.2 Å². The van der Waals surface area contributed by atoms with Crippen LogP contribution in [-0.4, -0.2) is 87.7 Å². The maximum absolute atomic E-state index is 14.1. The van der Waals surface area contributed by atoms with E-state index in [1.807, 2.05) is 0 Å². The summed E-state index contributed by atoms with van der Waals surface area (Å²) in [6.45, 7) is 0. The number of phenols is 1. The molecule has 1 amide bonds. The molecule has 2 aromatic carbocycles. The van der Waals surface area contributed by atoms with Crippen LogP contribution in [0.15, 0.2) is 41.2 Å². The number of anilines is 3. The van der Waals surface area contributed by atoms with Crippen LogP contribution in [0, 0.1) is 11.8 Å². The van der Waals surface area contributed by atoms with Gasteiger partial charge in [0.2, 0.25) is 5.78 Å². The highest BCUT2D eigenvalue weighted by molar-refractivity contribution is 7.80. The number of aromatic hydroxyl groups is 1. The number of hydrogen-bond donors (Lipinski definition) is 7. The highest BCUT2D eigenvalue weighted by atomic mass is 32.1. The molecular weight excluding hydrogens is 712 g/mol. The normalized spacial score (nSPS) is 23.5. The van der Waals surface area contributed by atoms with Gasteiger partial charge in [-0.3, -0.25) is 19.3 Å². The number of carbonyl (C=O) groups is 3. The lowest BCUT2D eigenvalue weighted by molar-refractivity contribution is -0.153. The standard InChI is InChI=1S/C32H31F6N5O7S/c1-42(2)18-10-17(41-29(51)40-14-8-12(31(33,34)35)7-13(9-14)32(36,37)38)23(44)20-15(18)5-11-6-16-22(43(3)4)25(46)21(28(39)49)27(48)30(16,50)26(47)19(11)24(20)45/h7-11,16,22,44-45,48,50H,5-6H2,1-4H3,(H2,39,49)(H2,40,41,51)/t11-,16-,22-,30-/m0/s1. The van der Waals surface area contributed by atoms with Gasteiger partial charge in [-0.25, -0.2) is 0 Å². The molecule has 19 heteroatoms. The molecule has 12 nitrogen and oxygen atoms in total. The molecule has 0 unspecified atom stereocenters. The Morgan fingerprint density at radius 2 is 1.53 bits per heavy atom. The van der Waals surface area contributed by atoms with Gasteiger partial charge in [-0.1, -0.05) is 0 Å². The van der Waals surface area contributed by atoms with E-state index in [4.69, 9.17) is 18.0 Å². The molecule has 1 saturated carbocycles. The summed E-state index contributed by atoms with van der Waals surface area (Å²) < 4.78 is 80.4. The largest absolute Gasteiger partial charge is 0.508 e. The summed E-state index contributed by atoms with van der Waals surface area (Å²) in [6, 6.07) is 0.795. The van der Waals surface area contributed by atoms with Crippen LogP contribution < -0.4 is 21.3 Å². The van der Waals surface area contributed by atoms with Crippen molar-refractivity contribution in [2.45, 2.75) is 36.8 Å². The van der Waals surface area contributed by atoms with Gasteiger partial charge in [0.25, 0.3) is 5.91 Å². The third-order valence-electron chi connectivity index (χ3n) is 9.27. The molecule has 0 heterocycles. The number of halogens is 6. The zero-order chi connectivity index (χ0) is 38.3. The van der Waals surface area contributed by atoms with Gasteiger partial charge in [0.15, 0.2) is 16.5 Å². The third kappa shape index (κ3) is 6.12. The van der Waals surface area contributed by atoms with E-state index in [9.17, 15) is 61.2 Å². The first-order valence-electron chi connectivity index (χ1n) is 15.0. The molecule has 0 radical (unpaired) electrons. The number of carbonyl (C=O) groups excluding carboxylic acids is 3. The quantitative estimate of drug-likeness (QED) is 0.102. The summed E-state index contributed by atoms with van der Waals surface area (Å²) in [5.74, 6) is -8.59. The number of benzene rings is 2. The van der Waals surface area contributed by atoms with Crippen LogP contribution in [0.2, 0.25) is 0 Å². The molecule has 51 heavy (non-hydrogen) atoms. The molecule has 5 rings (SSSR count). The molecule has 2 aromatic rings. The maximum atomic E-state index is 14.1. The number of ketones is 2. The lowest BCUT2D eigenvalue weighted by Gasteiger charge is -2.50. The summed E-state index contributed by atoms with van der Waals surface area (Å²) >= 11 is 5.15. The maximum Gasteiger partial charge on any atom is 0.416 e. The Labute approximate surface area is 290 Å². The number of thiocarbonyl (C=S) groups is 1.